The first kappa shape index (κ1) is 20.2. The molecule has 0 amide bonds. The fourth-order valence-corrected chi connectivity index (χ4v) is 8.51. The summed E-state index contributed by atoms with van der Waals surface area (Å²) in [6, 6.07) is 0. The van der Waals surface area contributed by atoms with Crippen molar-refractivity contribution in [3.8, 4) is 12.3 Å². The van der Waals surface area contributed by atoms with E-state index in [4.69, 9.17) is 6.42 Å². The van der Waals surface area contributed by atoms with Gasteiger partial charge in [-0.15, -0.1) is 6.42 Å². The summed E-state index contributed by atoms with van der Waals surface area (Å²) in [6.45, 7) is 4.88. The zero-order valence-corrected chi connectivity index (χ0v) is 18.4. The quantitative estimate of drug-likeness (QED) is 0.741. The van der Waals surface area contributed by atoms with Crippen LogP contribution in [0.1, 0.15) is 77.5 Å². The number of nitrogens with zero attached hydrogens (tertiary/aromatic N) is 2. The Hall–Kier alpha value is -1.67. The molecule has 0 aliphatic heterocycles. The largest absolute Gasteiger partial charge is 0.378 e. The van der Waals surface area contributed by atoms with Crippen LogP contribution in [0, 0.1) is 52.8 Å². The SMILES string of the molecule is C#C[C@@]1(O)CC[C@@]2(C)[C@H](CC[C@@H]3[C@@H]2CC[C@]2(C)[C@@H](C(=O)Cc4nc[nH]n4)CC[C@@H]32)C1. The van der Waals surface area contributed by atoms with Gasteiger partial charge in [0.1, 0.15) is 17.7 Å². The Morgan fingerprint density at radius 2 is 1.97 bits per heavy atom. The molecule has 0 bridgehead atoms. The first-order chi connectivity index (χ1) is 14.3. The summed E-state index contributed by atoms with van der Waals surface area (Å²) in [5, 5.41) is 17.6. The predicted molar refractivity (Wildman–Crippen MR) is 114 cm³/mol. The minimum Gasteiger partial charge on any atom is -0.378 e. The number of hydrogen-bond donors (Lipinski definition) is 2. The lowest BCUT2D eigenvalue weighted by molar-refractivity contribution is -0.145. The molecule has 0 radical (unpaired) electrons. The van der Waals surface area contributed by atoms with Crippen LogP contribution in [0.3, 0.4) is 0 Å². The molecule has 1 heterocycles. The highest BCUT2D eigenvalue weighted by atomic mass is 16.3. The Morgan fingerprint density at radius 3 is 2.70 bits per heavy atom. The molecule has 30 heavy (non-hydrogen) atoms. The van der Waals surface area contributed by atoms with Crippen LogP contribution in [0.2, 0.25) is 0 Å². The molecular formula is C25H35N3O2. The van der Waals surface area contributed by atoms with Gasteiger partial charge in [0, 0.05) is 5.92 Å². The highest BCUT2D eigenvalue weighted by molar-refractivity contribution is 5.83. The van der Waals surface area contributed by atoms with E-state index < -0.39 is 5.60 Å². The van der Waals surface area contributed by atoms with Crippen LogP contribution in [-0.4, -0.2) is 31.7 Å². The molecule has 0 spiro atoms. The van der Waals surface area contributed by atoms with Crippen molar-refractivity contribution >= 4 is 5.78 Å². The molecule has 162 valence electrons. The summed E-state index contributed by atoms with van der Waals surface area (Å²) < 4.78 is 0. The van der Waals surface area contributed by atoms with Crippen LogP contribution in [0.15, 0.2) is 6.33 Å². The van der Waals surface area contributed by atoms with Crippen LogP contribution in [0.4, 0.5) is 0 Å². The molecule has 0 unspecified atom stereocenters. The van der Waals surface area contributed by atoms with Crippen molar-refractivity contribution in [1.29, 1.82) is 0 Å². The lowest BCUT2D eigenvalue weighted by atomic mass is 9.44. The maximum absolute atomic E-state index is 13.2. The first-order valence-corrected chi connectivity index (χ1v) is 11.9. The van der Waals surface area contributed by atoms with Crippen molar-refractivity contribution in [3.63, 3.8) is 0 Å². The molecule has 4 fully saturated rings. The van der Waals surface area contributed by atoms with Crippen molar-refractivity contribution in [2.75, 3.05) is 0 Å². The molecule has 5 nitrogen and oxygen atoms in total. The number of carbonyl (C=O) groups excluding carboxylic acids is 1. The number of Topliss-reactive ketones (excluding diaryl/α,β-unsaturated/α-hetero) is 1. The van der Waals surface area contributed by atoms with Crippen molar-refractivity contribution in [2.45, 2.75) is 83.7 Å². The summed E-state index contributed by atoms with van der Waals surface area (Å²) in [5.41, 5.74) is -0.494. The van der Waals surface area contributed by atoms with Crippen molar-refractivity contribution in [2.24, 2.45) is 40.4 Å². The van der Waals surface area contributed by atoms with Crippen molar-refractivity contribution < 1.29 is 9.90 Å². The Kier molecular flexibility index (Phi) is 4.67. The number of hydrogen-bond acceptors (Lipinski definition) is 4. The predicted octanol–water partition coefficient (Wildman–Crippen LogP) is 3.94. The smallest absolute Gasteiger partial charge is 0.157 e. The average molecular weight is 410 g/mol. The molecule has 8 atom stereocenters. The first-order valence-electron chi connectivity index (χ1n) is 11.9. The fourth-order valence-electron chi connectivity index (χ4n) is 8.51. The monoisotopic (exact) mass is 409 g/mol. The zero-order chi connectivity index (χ0) is 21.1. The molecule has 5 heteroatoms. The van der Waals surface area contributed by atoms with E-state index in [2.05, 4.69) is 34.9 Å². The molecule has 1 aromatic heterocycles. The molecule has 4 aliphatic rings. The fraction of sp³-hybridized carbons (Fsp3) is 0.800. The molecule has 2 N–H and O–H groups in total. The maximum atomic E-state index is 13.2. The Labute approximate surface area is 179 Å². The van der Waals surface area contributed by atoms with Gasteiger partial charge in [-0.3, -0.25) is 9.89 Å². The number of H-pyrrole nitrogens is 1. The number of aromatic amines is 1. The van der Waals surface area contributed by atoms with Gasteiger partial charge in [-0.05, 0) is 92.3 Å². The van der Waals surface area contributed by atoms with Gasteiger partial charge < -0.3 is 5.11 Å². The third kappa shape index (κ3) is 2.90. The van der Waals surface area contributed by atoms with Gasteiger partial charge in [0.15, 0.2) is 5.82 Å². The van der Waals surface area contributed by atoms with E-state index in [9.17, 15) is 9.90 Å². The Balaban J connectivity index is 1.35. The third-order valence-corrected chi connectivity index (χ3v) is 10.2. The van der Waals surface area contributed by atoms with E-state index in [1.807, 2.05) is 0 Å². The number of terminal acetylenes is 1. The second kappa shape index (κ2) is 6.92. The molecule has 1 aromatic rings. The standard InChI is InChI=1S/C25H35N3O2/c1-4-25(30)12-11-23(2)16(14-25)5-6-17-18-7-8-20(24(18,3)10-9-19(17)23)21(29)13-22-26-15-27-28-22/h1,15-20,30H,5-14H2,2-3H3,(H,26,27,28)/t16-,17+,18+,19+,20-,23+,24+,25-/m1/s1. The lowest BCUT2D eigenvalue weighted by Gasteiger charge is -2.61. The van der Waals surface area contributed by atoms with E-state index >= 15 is 0 Å². The van der Waals surface area contributed by atoms with Crippen LogP contribution in [0.5, 0.6) is 0 Å². The normalized spacial score (nSPS) is 47.6. The summed E-state index contributed by atoms with van der Waals surface area (Å²) in [4.78, 5) is 17.4. The molecule has 5 rings (SSSR count). The van der Waals surface area contributed by atoms with Gasteiger partial charge in [0.25, 0.3) is 0 Å². The average Bonchev–Trinajstić information content (AvgIpc) is 3.35. The minimum absolute atomic E-state index is 0.117. The number of aliphatic hydroxyl groups is 1. The van der Waals surface area contributed by atoms with Gasteiger partial charge in [-0.25, -0.2) is 4.98 Å². The molecular weight excluding hydrogens is 374 g/mol. The van der Waals surface area contributed by atoms with Crippen LogP contribution < -0.4 is 0 Å². The van der Waals surface area contributed by atoms with E-state index in [0.29, 0.717) is 41.7 Å². The van der Waals surface area contributed by atoms with Crippen LogP contribution in [-0.2, 0) is 11.2 Å². The second-order valence-corrected chi connectivity index (χ2v) is 11.3. The molecule has 4 saturated carbocycles. The number of ketones is 1. The number of aromatic nitrogens is 3. The summed E-state index contributed by atoms with van der Waals surface area (Å²) in [5.74, 6) is 6.37. The zero-order valence-electron chi connectivity index (χ0n) is 18.4. The molecule has 4 aliphatic carbocycles. The molecule has 0 saturated heterocycles. The van der Waals surface area contributed by atoms with Crippen LogP contribution >= 0.6 is 0 Å². The van der Waals surface area contributed by atoms with Crippen molar-refractivity contribution in [1.82, 2.24) is 15.2 Å². The summed E-state index contributed by atoms with van der Waals surface area (Å²) >= 11 is 0. The highest BCUT2D eigenvalue weighted by Gasteiger charge is 2.61. The Bertz CT molecular complexity index is 860. The number of nitrogens with one attached hydrogen (secondary N) is 1. The summed E-state index contributed by atoms with van der Waals surface area (Å²) in [7, 11) is 0. The van der Waals surface area contributed by atoms with Gasteiger partial charge >= 0.3 is 0 Å². The number of rotatable bonds is 3. The van der Waals surface area contributed by atoms with E-state index in [0.717, 1.165) is 32.1 Å². The van der Waals surface area contributed by atoms with Gasteiger partial charge in [0.05, 0.1) is 6.42 Å². The van der Waals surface area contributed by atoms with Gasteiger partial charge in [-0.2, -0.15) is 5.10 Å². The maximum Gasteiger partial charge on any atom is 0.157 e. The Morgan fingerprint density at radius 1 is 1.17 bits per heavy atom. The second-order valence-electron chi connectivity index (χ2n) is 11.3. The van der Waals surface area contributed by atoms with E-state index in [1.54, 1.807) is 6.33 Å². The molecule has 0 aromatic carbocycles. The van der Waals surface area contributed by atoms with Gasteiger partial charge in [0.2, 0.25) is 0 Å². The summed E-state index contributed by atoms with van der Waals surface area (Å²) in [6.07, 6.45) is 17.1. The lowest BCUT2D eigenvalue weighted by Crippen LogP contribution is -2.56. The van der Waals surface area contributed by atoms with E-state index in [1.165, 1.54) is 25.7 Å². The number of carbonyl (C=O) groups is 1. The van der Waals surface area contributed by atoms with Crippen LogP contribution in [0.25, 0.3) is 0 Å². The highest BCUT2D eigenvalue weighted by Crippen LogP contribution is 2.68. The van der Waals surface area contributed by atoms with Crippen molar-refractivity contribution in [3.05, 3.63) is 12.2 Å². The topological polar surface area (TPSA) is 78.9 Å². The number of fused-ring (bicyclic) bond motifs is 5. The minimum atomic E-state index is -0.897. The van der Waals surface area contributed by atoms with E-state index in [-0.39, 0.29) is 16.7 Å². The third-order valence-electron chi connectivity index (χ3n) is 10.2. The van der Waals surface area contributed by atoms with Gasteiger partial charge in [-0.1, -0.05) is 19.8 Å².